The Kier molecular flexibility index (Phi) is 4.14. The molecule has 7 nitrogen and oxygen atoms in total. The molecule has 1 aromatic carbocycles. The number of anilines is 1. The van der Waals surface area contributed by atoms with Crippen molar-refractivity contribution in [3.8, 4) is 0 Å². The largest absolute Gasteiger partial charge is 0.293 e. The van der Waals surface area contributed by atoms with Crippen LogP contribution < -0.4 is 4.72 Å². The Bertz CT molecular complexity index is 775. The van der Waals surface area contributed by atoms with E-state index in [2.05, 4.69) is 9.71 Å². The first kappa shape index (κ1) is 15.0. The van der Waals surface area contributed by atoms with Crippen LogP contribution in [-0.2, 0) is 10.0 Å². The number of hydrogen-bond acceptors (Lipinski definition) is 6. The van der Waals surface area contributed by atoms with Gasteiger partial charge in [0.05, 0.1) is 11.1 Å². The van der Waals surface area contributed by atoms with E-state index >= 15 is 0 Å². The molecule has 20 heavy (non-hydrogen) atoms. The van der Waals surface area contributed by atoms with Crippen molar-refractivity contribution in [1.29, 1.82) is 0 Å². The monoisotopic (exact) mass is 353 g/mol. The minimum absolute atomic E-state index is 0.0472. The van der Waals surface area contributed by atoms with E-state index in [0.717, 1.165) is 29.7 Å². The average molecular weight is 354 g/mol. The third-order valence-corrected chi connectivity index (χ3v) is 5.30. The molecule has 1 N–H and O–H groups in total. The fourth-order valence-electron chi connectivity index (χ4n) is 1.31. The molecule has 11 heteroatoms. The first-order chi connectivity index (χ1) is 9.29. The fraction of sp³-hybridized carbons (Fsp3) is 0. The summed E-state index contributed by atoms with van der Waals surface area (Å²) in [6.45, 7) is 0. The standard InChI is InChI=1S/C9H5Cl2N3O4S2/c10-5-1-2-7(14(15)16)6(3-5)13-20(17,18)8-4-12-9(11)19-8/h1-4,13H. The summed E-state index contributed by atoms with van der Waals surface area (Å²) in [5, 5.41) is 11.0. The predicted octanol–water partition coefficient (Wildman–Crippen LogP) is 3.16. The molecule has 0 aliphatic carbocycles. The zero-order chi connectivity index (χ0) is 14.9. The van der Waals surface area contributed by atoms with Gasteiger partial charge >= 0.3 is 0 Å². The van der Waals surface area contributed by atoms with E-state index in [1.807, 2.05) is 0 Å². The Balaban J connectivity index is 2.44. The van der Waals surface area contributed by atoms with Crippen LogP contribution in [0.2, 0.25) is 9.49 Å². The van der Waals surface area contributed by atoms with Crippen LogP contribution in [0.4, 0.5) is 11.4 Å². The molecule has 0 aliphatic heterocycles. The van der Waals surface area contributed by atoms with Gasteiger partial charge in [-0.3, -0.25) is 14.8 Å². The van der Waals surface area contributed by atoms with Gasteiger partial charge in [-0.2, -0.15) is 0 Å². The van der Waals surface area contributed by atoms with Crippen molar-refractivity contribution >= 4 is 55.9 Å². The van der Waals surface area contributed by atoms with Crippen molar-refractivity contribution in [2.45, 2.75) is 4.21 Å². The second-order valence-electron chi connectivity index (χ2n) is 3.46. The lowest BCUT2D eigenvalue weighted by Crippen LogP contribution is -2.12. The topological polar surface area (TPSA) is 102 Å². The summed E-state index contributed by atoms with van der Waals surface area (Å²) >= 11 is 12.0. The number of halogens is 2. The van der Waals surface area contributed by atoms with Gasteiger partial charge in [-0.25, -0.2) is 13.4 Å². The number of rotatable bonds is 4. The number of nitro benzene ring substituents is 1. The molecular weight excluding hydrogens is 349 g/mol. The molecule has 0 unspecified atom stereocenters. The molecule has 1 heterocycles. The zero-order valence-corrected chi connectivity index (χ0v) is 12.6. The lowest BCUT2D eigenvalue weighted by Gasteiger charge is -2.06. The van der Waals surface area contributed by atoms with E-state index in [0.29, 0.717) is 0 Å². The van der Waals surface area contributed by atoms with Gasteiger partial charge in [0.2, 0.25) is 0 Å². The molecular formula is C9H5Cl2N3O4S2. The Labute approximate surface area is 127 Å². The molecule has 0 aliphatic rings. The smallest absolute Gasteiger partial charge is 0.272 e. The summed E-state index contributed by atoms with van der Waals surface area (Å²) in [7, 11) is -4.01. The van der Waals surface area contributed by atoms with Crippen molar-refractivity contribution in [3.63, 3.8) is 0 Å². The molecule has 0 atom stereocenters. The van der Waals surface area contributed by atoms with E-state index in [1.165, 1.54) is 6.07 Å². The van der Waals surface area contributed by atoms with E-state index in [1.54, 1.807) is 0 Å². The van der Waals surface area contributed by atoms with Crippen LogP contribution in [-0.4, -0.2) is 18.3 Å². The molecule has 0 saturated heterocycles. The number of thiazole rings is 1. The van der Waals surface area contributed by atoms with E-state index < -0.39 is 20.6 Å². The Hall–Kier alpha value is -1.42. The first-order valence-corrected chi connectivity index (χ1v) is 7.93. The van der Waals surface area contributed by atoms with E-state index in [4.69, 9.17) is 23.2 Å². The number of nitro groups is 1. The van der Waals surface area contributed by atoms with Crippen molar-refractivity contribution < 1.29 is 13.3 Å². The Morgan fingerprint density at radius 1 is 1.35 bits per heavy atom. The third kappa shape index (κ3) is 3.18. The maximum absolute atomic E-state index is 12.0. The Morgan fingerprint density at radius 2 is 2.05 bits per heavy atom. The van der Waals surface area contributed by atoms with Crippen LogP contribution in [0.5, 0.6) is 0 Å². The minimum atomic E-state index is -4.01. The molecule has 0 amide bonds. The van der Waals surface area contributed by atoms with Gasteiger partial charge in [-0.1, -0.05) is 34.5 Å². The normalized spacial score (nSPS) is 11.3. The molecule has 2 aromatic rings. The van der Waals surface area contributed by atoms with Gasteiger partial charge in [-0.05, 0) is 12.1 Å². The highest BCUT2D eigenvalue weighted by molar-refractivity contribution is 7.94. The van der Waals surface area contributed by atoms with Gasteiger partial charge in [0.15, 0.2) is 8.68 Å². The quantitative estimate of drug-likeness (QED) is 0.671. The molecule has 106 valence electrons. The summed E-state index contributed by atoms with van der Waals surface area (Å²) < 4.78 is 26.1. The van der Waals surface area contributed by atoms with Crippen LogP contribution in [0.15, 0.2) is 28.6 Å². The summed E-state index contributed by atoms with van der Waals surface area (Å²) in [6, 6.07) is 3.56. The molecule has 0 radical (unpaired) electrons. The number of benzene rings is 1. The van der Waals surface area contributed by atoms with Crippen LogP contribution >= 0.6 is 34.5 Å². The van der Waals surface area contributed by atoms with Crippen LogP contribution in [0.1, 0.15) is 0 Å². The van der Waals surface area contributed by atoms with Crippen molar-refractivity contribution in [2.24, 2.45) is 0 Å². The number of aromatic nitrogens is 1. The molecule has 0 fully saturated rings. The number of sulfonamides is 1. The van der Waals surface area contributed by atoms with Gasteiger partial charge in [0.1, 0.15) is 5.69 Å². The molecule has 0 saturated carbocycles. The van der Waals surface area contributed by atoms with Crippen LogP contribution in [0.25, 0.3) is 0 Å². The number of nitrogens with one attached hydrogen (secondary N) is 1. The highest BCUT2D eigenvalue weighted by Gasteiger charge is 2.23. The highest BCUT2D eigenvalue weighted by atomic mass is 35.5. The summed E-state index contributed by atoms with van der Waals surface area (Å²) in [4.78, 5) is 13.7. The first-order valence-electron chi connectivity index (χ1n) is 4.88. The van der Waals surface area contributed by atoms with Gasteiger partial charge < -0.3 is 0 Å². The SMILES string of the molecule is O=[N+]([O-])c1ccc(Cl)cc1NS(=O)(=O)c1cnc(Cl)s1. The Morgan fingerprint density at radius 3 is 2.60 bits per heavy atom. The average Bonchev–Trinajstić information content (AvgIpc) is 2.75. The second-order valence-corrected chi connectivity index (χ2v) is 7.41. The number of nitrogens with zero attached hydrogens (tertiary/aromatic N) is 2. The van der Waals surface area contributed by atoms with E-state index in [9.17, 15) is 18.5 Å². The summed E-state index contributed by atoms with van der Waals surface area (Å²) in [6.07, 6.45) is 1.06. The van der Waals surface area contributed by atoms with Gasteiger partial charge in [0.25, 0.3) is 15.7 Å². The minimum Gasteiger partial charge on any atom is -0.272 e. The summed E-state index contributed by atoms with van der Waals surface area (Å²) in [5.74, 6) is 0. The van der Waals surface area contributed by atoms with E-state index in [-0.39, 0.29) is 19.4 Å². The van der Waals surface area contributed by atoms with Crippen LogP contribution in [0, 0.1) is 10.1 Å². The van der Waals surface area contributed by atoms with Crippen molar-refractivity contribution in [2.75, 3.05) is 4.72 Å². The van der Waals surface area contributed by atoms with Crippen molar-refractivity contribution in [1.82, 2.24) is 4.98 Å². The third-order valence-electron chi connectivity index (χ3n) is 2.12. The lowest BCUT2D eigenvalue weighted by atomic mass is 10.3. The lowest BCUT2D eigenvalue weighted by molar-refractivity contribution is -0.383. The molecule has 1 aromatic heterocycles. The van der Waals surface area contributed by atoms with Crippen LogP contribution in [0.3, 0.4) is 0 Å². The van der Waals surface area contributed by atoms with Gasteiger partial charge in [0, 0.05) is 11.1 Å². The van der Waals surface area contributed by atoms with Crippen molar-refractivity contribution in [3.05, 3.63) is 44.0 Å². The maximum atomic E-state index is 12.0. The second kappa shape index (κ2) is 5.52. The molecule has 0 spiro atoms. The predicted molar refractivity (Wildman–Crippen MR) is 76.0 cm³/mol. The number of hydrogen-bond donors (Lipinski definition) is 1. The van der Waals surface area contributed by atoms with Gasteiger partial charge in [-0.15, -0.1) is 0 Å². The molecule has 2 rings (SSSR count). The maximum Gasteiger partial charge on any atom is 0.293 e. The fourth-order valence-corrected chi connectivity index (χ4v) is 3.84. The zero-order valence-electron chi connectivity index (χ0n) is 9.41. The highest BCUT2D eigenvalue weighted by Crippen LogP contribution is 2.31. The molecule has 0 bridgehead atoms. The summed E-state index contributed by atoms with van der Waals surface area (Å²) in [5.41, 5.74) is -0.638.